The van der Waals surface area contributed by atoms with Gasteiger partial charge in [0, 0.05) is 38.8 Å². The summed E-state index contributed by atoms with van der Waals surface area (Å²) in [4.78, 5) is 5.19. The average Bonchev–Trinajstić information content (AvgIpc) is 2.79. The summed E-state index contributed by atoms with van der Waals surface area (Å²) >= 11 is 0. The normalized spacial score (nSPS) is 28.7. The maximum absolute atomic E-state index is 5.40. The molecule has 0 spiro atoms. The lowest BCUT2D eigenvalue weighted by Gasteiger charge is -2.32. The summed E-state index contributed by atoms with van der Waals surface area (Å²) < 4.78 is 5.40. The summed E-state index contributed by atoms with van der Waals surface area (Å²) in [5.74, 6) is 0. The number of morpholine rings is 1. The third-order valence-corrected chi connectivity index (χ3v) is 3.66. The number of hydrogen-bond donors (Lipinski definition) is 1. The molecule has 0 aromatic heterocycles. The van der Waals surface area contributed by atoms with E-state index in [0.717, 1.165) is 45.4 Å². The van der Waals surface area contributed by atoms with Gasteiger partial charge in [-0.15, -0.1) is 0 Å². The van der Waals surface area contributed by atoms with Crippen LogP contribution in [0, 0.1) is 0 Å². The van der Waals surface area contributed by atoms with Crippen LogP contribution in [0.3, 0.4) is 0 Å². The number of likely N-dealkylation sites (tertiary alicyclic amines) is 1. The van der Waals surface area contributed by atoms with E-state index in [-0.39, 0.29) is 0 Å². The largest absolute Gasteiger partial charge is 0.379 e. The van der Waals surface area contributed by atoms with E-state index >= 15 is 0 Å². The van der Waals surface area contributed by atoms with Crippen molar-refractivity contribution in [1.82, 2.24) is 15.1 Å². The third kappa shape index (κ3) is 3.42. The molecule has 2 fully saturated rings. The summed E-state index contributed by atoms with van der Waals surface area (Å²) in [5.41, 5.74) is 0. The van der Waals surface area contributed by atoms with Gasteiger partial charge in [-0.3, -0.25) is 4.90 Å². The van der Waals surface area contributed by atoms with E-state index < -0.39 is 0 Å². The zero-order valence-corrected chi connectivity index (χ0v) is 10.5. The summed E-state index contributed by atoms with van der Waals surface area (Å²) in [6.07, 6.45) is 1.34. The zero-order valence-electron chi connectivity index (χ0n) is 10.5. The smallest absolute Gasteiger partial charge is 0.0594 e. The number of hydrogen-bond acceptors (Lipinski definition) is 4. The molecular weight excluding hydrogens is 202 g/mol. The van der Waals surface area contributed by atoms with Crippen LogP contribution in [0.2, 0.25) is 0 Å². The third-order valence-electron chi connectivity index (χ3n) is 3.66. The predicted octanol–water partition coefficient (Wildman–Crippen LogP) is 0.00240. The Bertz CT molecular complexity index is 195. The van der Waals surface area contributed by atoms with Gasteiger partial charge < -0.3 is 15.0 Å². The van der Waals surface area contributed by atoms with Gasteiger partial charge in [0.25, 0.3) is 0 Å². The average molecular weight is 227 g/mol. The second-order valence-corrected chi connectivity index (χ2v) is 4.75. The number of nitrogens with zero attached hydrogens (tertiary/aromatic N) is 2. The van der Waals surface area contributed by atoms with Crippen LogP contribution in [0.4, 0.5) is 0 Å². The zero-order chi connectivity index (χ0) is 11.2. The van der Waals surface area contributed by atoms with Crippen LogP contribution in [0.25, 0.3) is 0 Å². The Morgan fingerprint density at radius 1 is 1.25 bits per heavy atom. The Balaban J connectivity index is 1.66. The molecule has 2 aliphatic rings. The van der Waals surface area contributed by atoms with Gasteiger partial charge in [0.2, 0.25) is 0 Å². The van der Waals surface area contributed by atoms with Crippen LogP contribution in [-0.4, -0.2) is 74.9 Å². The molecule has 4 heteroatoms. The first-order chi connectivity index (χ1) is 7.90. The van der Waals surface area contributed by atoms with Crippen LogP contribution in [0.15, 0.2) is 0 Å². The van der Waals surface area contributed by atoms with E-state index in [0.29, 0.717) is 0 Å². The number of ether oxygens (including phenoxy) is 1. The number of likely N-dealkylation sites (N-methyl/N-ethyl adjacent to an activating group) is 1. The second kappa shape index (κ2) is 6.55. The SMILES string of the molecule is CCNCCN1CCC(N2CCOCC2)C1. The number of nitrogens with one attached hydrogen (secondary N) is 1. The lowest BCUT2D eigenvalue weighted by molar-refractivity contribution is 0.0185. The van der Waals surface area contributed by atoms with E-state index in [2.05, 4.69) is 22.0 Å². The molecular formula is C12H25N3O. The maximum Gasteiger partial charge on any atom is 0.0594 e. The van der Waals surface area contributed by atoms with Gasteiger partial charge in [0.15, 0.2) is 0 Å². The molecule has 94 valence electrons. The monoisotopic (exact) mass is 227 g/mol. The highest BCUT2D eigenvalue weighted by Crippen LogP contribution is 2.16. The fourth-order valence-electron chi connectivity index (χ4n) is 2.67. The summed E-state index contributed by atoms with van der Waals surface area (Å²) in [6.45, 7) is 12.2. The fourth-order valence-corrected chi connectivity index (χ4v) is 2.67. The quantitative estimate of drug-likeness (QED) is 0.669. The van der Waals surface area contributed by atoms with Crippen molar-refractivity contribution in [2.75, 3.05) is 59.0 Å². The van der Waals surface area contributed by atoms with Gasteiger partial charge in [0.05, 0.1) is 13.2 Å². The Kier molecular flexibility index (Phi) is 5.03. The standard InChI is InChI=1S/C12H25N3O/c1-2-13-4-6-14-5-3-12(11-14)15-7-9-16-10-8-15/h12-13H,2-11H2,1H3. The van der Waals surface area contributed by atoms with Crippen LogP contribution in [-0.2, 0) is 4.74 Å². The first kappa shape index (κ1) is 12.3. The Hall–Kier alpha value is -0.160. The minimum Gasteiger partial charge on any atom is -0.379 e. The lowest BCUT2D eigenvalue weighted by Crippen LogP contribution is -2.45. The molecule has 1 atom stereocenters. The number of rotatable bonds is 5. The molecule has 0 radical (unpaired) electrons. The van der Waals surface area contributed by atoms with Crippen molar-refractivity contribution in [3.05, 3.63) is 0 Å². The highest BCUT2D eigenvalue weighted by molar-refractivity contribution is 4.84. The molecule has 1 N–H and O–H groups in total. The van der Waals surface area contributed by atoms with Crippen molar-refractivity contribution in [2.24, 2.45) is 0 Å². The van der Waals surface area contributed by atoms with Gasteiger partial charge in [-0.1, -0.05) is 6.92 Å². The Morgan fingerprint density at radius 2 is 2.06 bits per heavy atom. The second-order valence-electron chi connectivity index (χ2n) is 4.75. The molecule has 2 aliphatic heterocycles. The van der Waals surface area contributed by atoms with Gasteiger partial charge in [-0.05, 0) is 19.5 Å². The van der Waals surface area contributed by atoms with Crippen LogP contribution in [0.1, 0.15) is 13.3 Å². The summed E-state index contributed by atoms with van der Waals surface area (Å²) in [7, 11) is 0. The van der Waals surface area contributed by atoms with Crippen molar-refractivity contribution in [2.45, 2.75) is 19.4 Å². The Morgan fingerprint density at radius 3 is 2.81 bits per heavy atom. The van der Waals surface area contributed by atoms with Crippen molar-refractivity contribution in [3.8, 4) is 0 Å². The molecule has 0 bridgehead atoms. The molecule has 0 amide bonds. The van der Waals surface area contributed by atoms with E-state index in [1.807, 2.05) is 0 Å². The maximum atomic E-state index is 5.40. The first-order valence-electron chi connectivity index (χ1n) is 6.65. The van der Waals surface area contributed by atoms with Gasteiger partial charge >= 0.3 is 0 Å². The minimum atomic E-state index is 0.783. The molecule has 2 saturated heterocycles. The molecule has 16 heavy (non-hydrogen) atoms. The molecule has 1 unspecified atom stereocenters. The van der Waals surface area contributed by atoms with Crippen molar-refractivity contribution < 1.29 is 4.74 Å². The van der Waals surface area contributed by atoms with Gasteiger partial charge in [-0.2, -0.15) is 0 Å². The topological polar surface area (TPSA) is 27.7 Å². The van der Waals surface area contributed by atoms with Crippen molar-refractivity contribution in [3.63, 3.8) is 0 Å². The highest BCUT2D eigenvalue weighted by Gasteiger charge is 2.27. The predicted molar refractivity (Wildman–Crippen MR) is 65.8 cm³/mol. The molecule has 0 aliphatic carbocycles. The van der Waals surface area contributed by atoms with Crippen molar-refractivity contribution in [1.29, 1.82) is 0 Å². The highest BCUT2D eigenvalue weighted by atomic mass is 16.5. The van der Waals surface area contributed by atoms with E-state index in [9.17, 15) is 0 Å². The minimum absolute atomic E-state index is 0.783. The molecule has 4 nitrogen and oxygen atoms in total. The molecule has 0 saturated carbocycles. The summed E-state index contributed by atoms with van der Waals surface area (Å²) in [5, 5.41) is 3.39. The van der Waals surface area contributed by atoms with Crippen LogP contribution in [0.5, 0.6) is 0 Å². The molecule has 2 heterocycles. The van der Waals surface area contributed by atoms with E-state index in [1.165, 1.54) is 26.1 Å². The Labute approximate surface area is 98.9 Å². The molecule has 0 aromatic carbocycles. The van der Waals surface area contributed by atoms with Crippen LogP contribution < -0.4 is 5.32 Å². The first-order valence-corrected chi connectivity index (χ1v) is 6.65. The summed E-state index contributed by atoms with van der Waals surface area (Å²) in [6, 6.07) is 0.783. The lowest BCUT2D eigenvalue weighted by atomic mass is 10.2. The van der Waals surface area contributed by atoms with Gasteiger partial charge in [-0.25, -0.2) is 0 Å². The van der Waals surface area contributed by atoms with Crippen LogP contribution >= 0.6 is 0 Å². The fraction of sp³-hybridized carbons (Fsp3) is 1.00. The molecule has 0 aromatic rings. The van der Waals surface area contributed by atoms with E-state index in [1.54, 1.807) is 0 Å². The van der Waals surface area contributed by atoms with Gasteiger partial charge in [0.1, 0.15) is 0 Å². The van der Waals surface area contributed by atoms with E-state index in [4.69, 9.17) is 4.74 Å². The molecule has 2 rings (SSSR count). The van der Waals surface area contributed by atoms with Crippen molar-refractivity contribution >= 4 is 0 Å².